The lowest BCUT2D eigenvalue weighted by Gasteiger charge is -2.38. The number of fused-ring (bicyclic) bond motifs is 1. The van der Waals surface area contributed by atoms with Crippen molar-refractivity contribution in [3.8, 4) is 11.5 Å². The number of carbonyl (C=O) groups excluding carboxylic acids is 2. The van der Waals surface area contributed by atoms with Crippen molar-refractivity contribution in [2.45, 2.75) is 13.0 Å². The highest BCUT2D eigenvalue weighted by molar-refractivity contribution is 5.94. The van der Waals surface area contributed by atoms with Gasteiger partial charge in [-0.05, 0) is 41.6 Å². The highest BCUT2D eigenvalue weighted by atomic mass is 19.1. The van der Waals surface area contributed by atoms with Gasteiger partial charge in [-0.1, -0.05) is 18.2 Å². The summed E-state index contributed by atoms with van der Waals surface area (Å²) in [6.45, 7) is 3.20. The number of piperazine rings is 1. The summed E-state index contributed by atoms with van der Waals surface area (Å²) >= 11 is 0. The predicted molar refractivity (Wildman–Crippen MR) is 146 cm³/mol. The number of nitrogens with one attached hydrogen (secondary N) is 1. The maximum atomic E-state index is 14.8. The number of carbonyl (C=O) groups is 2. The van der Waals surface area contributed by atoms with E-state index >= 15 is 0 Å². The van der Waals surface area contributed by atoms with Crippen LogP contribution in [0.25, 0.3) is 22.6 Å². The zero-order chi connectivity index (χ0) is 28.5. The topological polar surface area (TPSA) is 135 Å². The number of oxazole rings is 1. The minimum absolute atomic E-state index is 0.181. The Labute approximate surface area is 233 Å². The van der Waals surface area contributed by atoms with Crippen LogP contribution in [-0.2, 0) is 11.8 Å². The summed E-state index contributed by atoms with van der Waals surface area (Å²) in [5, 5.41) is 15.2. The summed E-state index contributed by atoms with van der Waals surface area (Å²) in [6, 6.07) is 14.6. The predicted octanol–water partition coefficient (Wildman–Crippen LogP) is 3.06. The first-order chi connectivity index (χ1) is 19.9. The third-order valence-electron chi connectivity index (χ3n) is 6.87. The van der Waals surface area contributed by atoms with Crippen molar-refractivity contribution in [3.05, 3.63) is 83.7 Å². The van der Waals surface area contributed by atoms with Gasteiger partial charge in [0.05, 0.1) is 7.05 Å². The molecule has 0 saturated carbocycles. The van der Waals surface area contributed by atoms with Crippen LogP contribution in [-0.4, -0.2) is 78.0 Å². The molecule has 1 N–H and O–H groups in total. The normalized spacial score (nSPS) is 14.8. The molecule has 1 aliphatic rings. The van der Waals surface area contributed by atoms with Crippen molar-refractivity contribution >= 4 is 28.6 Å². The summed E-state index contributed by atoms with van der Waals surface area (Å²) in [5.41, 5.74) is 3.07. The number of amides is 2. The monoisotopic (exact) mass is 555 g/mol. The molecule has 1 unspecified atom stereocenters. The van der Waals surface area contributed by atoms with Crippen LogP contribution >= 0.6 is 0 Å². The molecule has 5 aromatic rings. The minimum atomic E-state index is -0.533. The van der Waals surface area contributed by atoms with Gasteiger partial charge in [-0.15, -0.1) is 10.2 Å². The highest BCUT2D eigenvalue weighted by Crippen LogP contribution is 2.30. The number of halogens is 1. The lowest BCUT2D eigenvalue weighted by atomic mass is 10.0. The first-order valence-corrected chi connectivity index (χ1v) is 13.0. The number of tetrazole rings is 1. The Balaban J connectivity index is 1.19. The molecule has 12 nitrogen and oxygen atoms in total. The summed E-state index contributed by atoms with van der Waals surface area (Å²) < 4.78 is 20.7. The lowest BCUT2D eigenvalue weighted by molar-refractivity contribution is -0.114. The summed E-state index contributed by atoms with van der Waals surface area (Å²) in [6.07, 6.45) is 1.55. The number of benzene rings is 2. The van der Waals surface area contributed by atoms with Gasteiger partial charge in [0.15, 0.2) is 11.4 Å². The molecule has 0 aliphatic carbocycles. The van der Waals surface area contributed by atoms with Crippen molar-refractivity contribution in [2.75, 3.05) is 31.5 Å². The van der Waals surface area contributed by atoms with E-state index in [2.05, 4.69) is 35.6 Å². The van der Waals surface area contributed by atoms with Gasteiger partial charge in [0, 0.05) is 56.1 Å². The van der Waals surface area contributed by atoms with Crippen molar-refractivity contribution in [2.24, 2.45) is 7.05 Å². The van der Waals surface area contributed by atoms with E-state index in [1.807, 2.05) is 0 Å². The number of hydrogen-bond acceptors (Lipinski definition) is 9. The Hall–Kier alpha value is -5.04. The highest BCUT2D eigenvalue weighted by Gasteiger charge is 2.33. The first kappa shape index (κ1) is 26.2. The van der Waals surface area contributed by atoms with Gasteiger partial charge in [0.1, 0.15) is 23.1 Å². The molecule has 0 radical (unpaired) electrons. The number of aromatic nitrogens is 6. The maximum Gasteiger partial charge on any atom is 0.272 e. The van der Waals surface area contributed by atoms with Crippen LogP contribution < -0.4 is 5.32 Å². The fraction of sp³-hybridized carbons (Fsp3) is 0.250. The van der Waals surface area contributed by atoms with E-state index in [0.717, 1.165) is 0 Å². The maximum absolute atomic E-state index is 14.8. The van der Waals surface area contributed by atoms with Gasteiger partial charge in [-0.2, -0.15) is 4.80 Å². The van der Waals surface area contributed by atoms with Gasteiger partial charge >= 0.3 is 0 Å². The molecule has 41 heavy (non-hydrogen) atoms. The fourth-order valence-electron chi connectivity index (χ4n) is 4.96. The standard InChI is InChI=1S/C28H26FN9O3/c1-17(39)31-19-7-8-24-22(16-19)32-27(41-24)18-9-10-30-23(15-18)28(40)38-13-11-37(12-14-38)25(26-33-35-36(2)34-26)20-5-3-4-6-21(20)29/h3-10,15-16,25H,11-14H2,1-2H3,(H,31,39). The molecular weight excluding hydrogens is 529 g/mol. The third kappa shape index (κ3) is 5.39. The summed E-state index contributed by atoms with van der Waals surface area (Å²) in [7, 11) is 1.66. The Morgan fingerprint density at radius 2 is 1.85 bits per heavy atom. The van der Waals surface area contributed by atoms with Crippen molar-refractivity contribution in [1.82, 2.24) is 40.0 Å². The zero-order valence-electron chi connectivity index (χ0n) is 22.4. The fourth-order valence-corrected chi connectivity index (χ4v) is 4.96. The number of nitrogens with zero attached hydrogens (tertiary/aromatic N) is 8. The molecule has 1 fully saturated rings. The van der Waals surface area contributed by atoms with Crippen LogP contribution in [0.1, 0.15) is 34.8 Å². The average molecular weight is 556 g/mol. The van der Waals surface area contributed by atoms with Gasteiger partial charge in [-0.25, -0.2) is 9.37 Å². The van der Waals surface area contributed by atoms with Crippen LogP contribution in [0.5, 0.6) is 0 Å². The zero-order valence-corrected chi connectivity index (χ0v) is 22.4. The van der Waals surface area contributed by atoms with E-state index < -0.39 is 6.04 Å². The Morgan fingerprint density at radius 3 is 2.59 bits per heavy atom. The quantitative estimate of drug-likeness (QED) is 0.335. The van der Waals surface area contributed by atoms with E-state index in [-0.39, 0.29) is 23.3 Å². The summed E-state index contributed by atoms with van der Waals surface area (Å²) in [5.74, 6) is -0.0234. The largest absolute Gasteiger partial charge is 0.436 e. The number of rotatable bonds is 6. The van der Waals surface area contributed by atoms with Crippen molar-refractivity contribution in [3.63, 3.8) is 0 Å². The molecule has 1 aliphatic heterocycles. The van der Waals surface area contributed by atoms with E-state index in [1.165, 1.54) is 17.8 Å². The number of pyridine rings is 1. The van der Waals surface area contributed by atoms with E-state index in [1.54, 1.807) is 66.7 Å². The second-order valence-electron chi connectivity index (χ2n) is 9.70. The molecule has 0 spiro atoms. The third-order valence-corrected chi connectivity index (χ3v) is 6.87. The van der Waals surface area contributed by atoms with Gasteiger partial charge in [0.2, 0.25) is 11.8 Å². The summed E-state index contributed by atoms with van der Waals surface area (Å²) in [4.78, 5) is 38.8. The molecule has 2 aromatic carbocycles. The Morgan fingerprint density at radius 1 is 1.05 bits per heavy atom. The molecule has 208 valence electrons. The van der Waals surface area contributed by atoms with Crippen LogP contribution in [0.2, 0.25) is 0 Å². The molecule has 1 saturated heterocycles. The van der Waals surface area contributed by atoms with E-state index in [0.29, 0.717) is 65.8 Å². The van der Waals surface area contributed by atoms with Crippen molar-refractivity contribution in [1.29, 1.82) is 0 Å². The number of hydrogen-bond donors (Lipinski definition) is 1. The van der Waals surface area contributed by atoms with Gasteiger partial charge < -0.3 is 14.6 Å². The second kappa shape index (κ2) is 10.8. The smallest absolute Gasteiger partial charge is 0.272 e. The molecule has 13 heteroatoms. The van der Waals surface area contributed by atoms with Crippen LogP contribution in [0.15, 0.2) is 65.2 Å². The number of aryl methyl sites for hydroxylation is 1. The van der Waals surface area contributed by atoms with Crippen LogP contribution in [0.3, 0.4) is 0 Å². The van der Waals surface area contributed by atoms with E-state index in [4.69, 9.17) is 4.42 Å². The molecule has 6 rings (SSSR count). The minimum Gasteiger partial charge on any atom is -0.436 e. The van der Waals surface area contributed by atoms with E-state index in [9.17, 15) is 14.0 Å². The molecule has 4 heterocycles. The SMILES string of the molecule is CC(=O)Nc1ccc2oc(-c3ccnc(C(=O)N4CCN(C(c5nnn(C)n5)c5ccccc5F)CC4)c3)nc2c1. The lowest BCUT2D eigenvalue weighted by Crippen LogP contribution is -2.50. The molecule has 0 bridgehead atoms. The number of anilines is 1. The molecule has 3 aromatic heterocycles. The molecule has 1 atom stereocenters. The second-order valence-corrected chi connectivity index (χ2v) is 9.70. The average Bonchev–Trinajstić information content (AvgIpc) is 3.60. The molecule has 2 amide bonds. The van der Waals surface area contributed by atoms with Crippen LogP contribution in [0, 0.1) is 5.82 Å². The first-order valence-electron chi connectivity index (χ1n) is 13.0. The Kier molecular flexibility index (Phi) is 6.93. The van der Waals surface area contributed by atoms with Crippen LogP contribution in [0.4, 0.5) is 10.1 Å². The Bertz CT molecular complexity index is 1740. The molecular formula is C28H26FN9O3. The van der Waals surface area contributed by atoms with Crippen molar-refractivity contribution < 1.29 is 18.4 Å². The van der Waals surface area contributed by atoms with Gasteiger partial charge in [0.25, 0.3) is 5.91 Å². The van der Waals surface area contributed by atoms with Gasteiger partial charge in [-0.3, -0.25) is 19.5 Å².